The molecule has 3 aromatic carbocycles. The van der Waals surface area contributed by atoms with Crippen molar-refractivity contribution in [3.8, 4) is 11.5 Å². The summed E-state index contributed by atoms with van der Waals surface area (Å²) in [5.74, 6) is -0.0608. The molecule has 0 saturated heterocycles. The summed E-state index contributed by atoms with van der Waals surface area (Å²) >= 11 is 0. The van der Waals surface area contributed by atoms with Crippen LogP contribution in [0.1, 0.15) is 50.4 Å². The lowest BCUT2D eigenvalue weighted by atomic mass is 10.0. The summed E-state index contributed by atoms with van der Waals surface area (Å²) in [4.78, 5) is 16.1. The maximum Gasteiger partial charge on any atom is 0.261 e. The topological polar surface area (TPSA) is 152 Å². The molecule has 2 N–H and O–H groups in total. The van der Waals surface area contributed by atoms with E-state index in [1.165, 1.54) is 53.7 Å². The van der Waals surface area contributed by atoms with Crippen LogP contribution in [0.5, 0.6) is 11.5 Å². The fourth-order valence-corrected chi connectivity index (χ4v) is 7.80. The van der Waals surface area contributed by atoms with E-state index in [0.29, 0.717) is 25.2 Å². The van der Waals surface area contributed by atoms with Gasteiger partial charge in [-0.3, -0.25) is 9.52 Å². The Kier molecular flexibility index (Phi) is 13.1. The van der Waals surface area contributed by atoms with E-state index in [1.807, 2.05) is 13.8 Å². The minimum absolute atomic E-state index is 0.0132. The molecule has 49 heavy (non-hydrogen) atoms. The summed E-state index contributed by atoms with van der Waals surface area (Å²) in [6, 6.07) is 18.0. The number of methoxy groups -OCH3 is 1. The molecule has 4 atom stereocenters. The van der Waals surface area contributed by atoms with Gasteiger partial charge in [0.25, 0.3) is 15.9 Å². The molecule has 12 nitrogen and oxygen atoms in total. The number of ether oxygens (including phenoxy) is 3. The number of sulfonamides is 2. The van der Waals surface area contributed by atoms with Crippen LogP contribution in [-0.2, 0) is 24.8 Å². The van der Waals surface area contributed by atoms with E-state index in [2.05, 4.69) is 4.72 Å². The number of likely N-dealkylation sites (N-methyl/N-ethyl adjacent to an activating group) is 1. The number of hydrogen-bond acceptors (Lipinski definition) is 9. The van der Waals surface area contributed by atoms with E-state index in [1.54, 1.807) is 49.4 Å². The van der Waals surface area contributed by atoms with Gasteiger partial charge < -0.3 is 24.2 Å². The van der Waals surface area contributed by atoms with Crippen molar-refractivity contribution in [3.63, 3.8) is 0 Å². The second kappa shape index (κ2) is 16.8. The van der Waals surface area contributed by atoms with E-state index < -0.39 is 38.1 Å². The van der Waals surface area contributed by atoms with Crippen molar-refractivity contribution in [1.82, 2.24) is 9.21 Å². The number of fused-ring (bicyclic) bond motifs is 1. The molecule has 1 heterocycles. The molecule has 268 valence electrons. The quantitative estimate of drug-likeness (QED) is 0.306. The highest BCUT2D eigenvalue weighted by Crippen LogP contribution is 2.30. The van der Waals surface area contributed by atoms with Crippen molar-refractivity contribution in [2.24, 2.45) is 5.92 Å². The van der Waals surface area contributed by atoms with E-state index in [0.717, 1.165) is 6.42 Å². The van der Waals surface area contributed by atoms with Gasteiger partial charge in [0.15, 0.2) is 0 Å². The standard InChI is InChI=1S/C35H47N3O9S2/c1-25-22-38(26(2)24-39)35(40)32-21-28(36-48(41,42)30-17-15-29(45-5)16-18-30)14-19-33(32)47-27(3)11-9-10-20-46-34(25)23-37(4)49(43,44)31-12-7-6-8-13-31/h6-8,12-19,21,25-27,34,36,39H,9-11,20,22-24H2,1-5H3/t25-,26-,27+,34-/m0/s1. The molecule has 0 aliphatic carbocycles. The second-order valence-corrected chi connectivity index (χ2v) is 16.1. The number of nitrogens with zero attached hydrogens (tertiary/aromatic N) is 2. The Balaban J connectivity index is 1.67. The first-order chi connectivity index (χ1) is 23.3. The van der Waals surface area contributed by atoms with Crippen LogP contribution in [0.2, 0.25) is 0 Å². The van der Waals surface area contributed by atoms with Crippen molar-refractivity contribution < 1.29 is 40.9 Å². The Morgan fingerprint density at radius 2 is 1.69 bits per heavy atom. The fourth-order valence-electron chi connectivity index (χ4n) is 5.54. The first-order valence-electron chi connectivity index (χ1n) is 16.3. The van der Waals surface area contributed by atoms with Gasteiger partial charge in [0.2, 0.25) is 10.0 Å². The molecule has 0 spiro atoms. The molecule has 1 amide bonds. The predicted molar refractivity (Wildman–Crippen MR) is 187 cm³/mol. The maximum absolute atomic E-state index is 14.4. The SMILES string of the molecule is COc1ccc(S(=O)(=O)Nc2ccc3c(c2)C(=O)N([C@@H](C)CO)C[C@H](C)[C@H](CN(C)S(=O)(=O)c2ccccc2)OCCCC[C@@H](C)O3)cc1. The Morgan fingerprint density at radius 1 is 1.00 bits per heavy atom. The molecular formula is C35H47N3O9S2. The largest absolute Gasteiger partial charge is 0.497 e. The van der Waals surface area contributed by atoms with Crippen molar-refractivity contribution in [1.29, 1.82) is 0 Å². The summed E-state index contributed by atoms with van der Waals surface area (Å²) in [6.07, 6.45) is 1.26. The molecule has 1 aliphatic rings. The molecule has 1 aliphatic heterocycles. The number of nitrogens with one attached hydrogen (secondary N) is 1. The summed E-state index contributed by atoms with van der Waals surface area (Å²) in [5.41, 5.74) is 0.270. The number of amides is 1. The number of anilines is 1. The molecule has 0 radical (unpaired) electrons. The third kappa shape index (κ3) is 9.73. The van der Waals surface area contributed by atoms with Gasteiger partial charge in [-0.05, 0) is 87.7 Å². The Hall–Kier alpha value is -3.69. The number of hydrogen-bond donors (Lipinski definition) is 2. The molecule has 0 unspecified atom stereocenters. The number of rotatable bonds is 10. The Labute approximate surface area is 290 Å². The number of carbonyl (C=O) groups excluding carboxylic acids is 1. The number of aliphatic hydroxyl groups is 1. The monoisotopic (exact) mass is 717 g/mol. The summed E-state index contributed by atoms with van der Waals surface area (Å²) < 4.78 is 74.7. The molecular weight excluding hydrogens is 671 g/mol. The lowest BCUT2D eigenvalue weighted by Gasteiger charge is -2.35. The van der Waals surface area contributed by atoms with Crippen LogP contribution in [0.15, 0.2) is 82.6 Å². The molecule has 3 aromatic rings. The Bertz CT molecular complexity index is 1750. The van der Waals surface area contributed by atoms with E-state index >= 15 is 0 Å². The van der Waals surface area contributed by atoms with Gasteiger partial charge in [0.1, 0.15) is 11.5 Å². The van der Waals surface area contributed by atoms with Gasteiger partial charge in [0, 0.05) is 38.3 Å². The highest BCUT2D eigenvalue weighted by atomic mass is 32.2. The first kappa shape index (κ1) is 38.1. The minimum Gasteiger partial charge on any atom is -0.497 e. The highest BCUT2D eigenvalue weighted by Gasteiger charge is 2.32. The van der Waals surface area contributed by atoms with E-state index in [4.69, 9.17) is 14.2 Å². The zero-order chi connectivity index (χ0) is 35.8. The lowest BCUT2D eigenvalue weighted by Crippen LogP contribution is -2.48. The first-order valence-corrected chi connectivity index (χ1v) is 19.2. The molecule has 0 aromatic heterocycles. The zero-order valence-corrected chi connectivity index (χ0v) is 30.2. The van der Waals surface area contributed by atoms with Crippen molar-refractivity contribution in [2.75, 3.05) is 45.2 Å². The normalized spacial score (nSPS) is 20.5. The van der Waals surface area contributed by atoms with E-state index in [9.17, 15) is 26.7 Å². The highest BCUT2D eigenvalue weighted by molar-refractivity contribution is 7.92. The van der Waals surface area contributed by atoms with Crippen LogP contribution in [0.3, 0.4) is 0 Å². The van der Waals surface area contributed by atoms with Gasteiger partial charge in [-0.1, -0.05) is 25.1 Å². The third-order valence-corrected chi connectivity index (χ3v) is 11.8. The maximum atomic E-state index is 14.4. The van der Waals surface area contributed by atoms with Crippen LogP contribution < -0.4 is 14.2 Å². The van der Waals surface area contributed by atoms with Crippen LogP contribution >= 0.6 is 0 Å². The van der Waals surface area contributed by atoms with Crippen LogP contribution in [0, 0.1) is 5.92 Å². The smallest absolute Gasteiger partial charge is 0.261 e. The lowest BCUT2D eigenvalue weighted by molar-refractivity contribution is -0.00833. The number of carbonyl (C=O) groups is 1. The predicted octanol–water partition coefficient (Wildman–Crippen LogP) is 4.61. The van der Waals surface area contributed by atoms with Crippen LogP contribution in [0.25, 0.3) is 0 Å². The Morgan fingerprint density at radius 3 is 2.35 bits per heavy atom. The molecule has 0 fully saturated rings. The zero-order valence-electron chi connectivity index (χ0n) is 28.6. The second-order valence-electron chi connectivity index (χ2n) is 12.4. The van der Waals surface area contributed by atoms with Gasteiger partial charge in [0.05, 0.1) is 47.3 Å². The minimum atomic E-state index is -4.02. The number of aliphatic hydroxyl groups excluding tert-OH is 1. The summed E-state index contributed by atoms with van der Waals surface area (Å²) in [5, 5.41) is 10.2. The van der Waals surface area contributed by atoms with Crippen molar-refractivity contribution in [3.05, 3.63) is 78.4 Å². The van der Waals surface area contributed by atoms with Gasteiger partial charge >= 0.3 is 0 Å². The average Bonchev–Trinajstić information content (AvgIpc) is 3.09. The summed E-state index contributed by atoms with van der Waals surface area (Å²) in [7, 11) is -4.83. The fraction of sp³-hybridized carbons (Fsp3) is 0.457. The third-order valence-electron chi connectivity index (χ3n) is 8.56. The summed E-state index contributed by atoms with van der Waals surface area (Å²) in [6.45, 7) is 5.67. The van der Waals surface area contributed by atoms with Gasteiger partial charge in [-0.2, -0.15) is 4.31 Å². The molecule has 4 rings (SSSR count). The van der Waals surface area contributed by atoms with Crippen molar-refractivity contribution in [2.45, 2.75) is 68.1 Å². The molecule has 0 saturated carbocycles. The average molecular weight is 718 g/mol. The van der Waals surface area contributed by atoms with Gasteiger partial charge in [-0.15, -0.1) is 0 Å². The molecule has 14 heteroatoms. The molecule has 0 bridgehead atoms. The van der Waals surface area contributed by atoms with Gasteiger partial charge in [-0.25, -0.2) is 16.8 Å². The van der Waals surface area contributed by atoms with Crippen molar-refractivity contribution >= 4 is 31.6 Å². The number of benzene rings is 3. The van der Waals surface area contributed by atoms with Crippen LogP contribution in [-0.4, -0.2) is 95.8 Å². The van der Waals surface area contributed by atoms with E-state index in [-0.39, 0.29) is 58.5 Å². The van der Waals surface area contributed by atoms with Crippen LogP contribution in [0.4, 0.5) is 5.69 Å².